The third-order valence-corrected chi connectivity index (χ3v) is 3.28. The van der Waals surface area contributed by atoms with Gasteiger partial charge in [0.2, 0.25) is 0 Å². The first kappa shape index (κ1) is 16.4. The Kier molecular flexibility index (Phi) is 4.58. The summed E-state index contributed by atoms with van der Waals surface area (Å²) < 4.78 is 0. The number of carboxylic acids is 1. The van der Waals surface area contributed by atoms with Crippen molar-refractivity contribution in [2.75, 3.05) is 0 Å². The predicted molar refractivity (Wildman–Crippen MR) is 81.1 cm³/mol. The fourth-order valence-corrected chi connectivity index (χ4v) is 2.21. The number of H-pyrrole nitrogens is 1. The maximum Gasteiger partial charge on any atom is 0.326 e. The molecule has 1 heterocycles. The summed E-state index contributed by atoms with van der Waals surface area (Å²) in [6.45, 7) is 3.69. The second-order valence-electron chi connectivity index (χ2n) is 5.55. The first-order chi connectivity index (χ1) is 10.8. The molecule has 23 heavy (non-hydrogen) atoms. The fourth-order valence-electron chi connectivity index (χ4n) is 2.21. The zero-order valence-electron chi connectivity index (χ0n) is 12.6. The van der Waals surface area contributed by atoms with Crippen LogP contribution in [0.3, 0.4) is 0 Å². The highest BCUT2D eigenvalue weighted by molar-refractivity contribution is 6.06. The van der Waals surface area contributed by atoms with Crippen LogP contribution in [0.1, 0.15) is 30.8 Å². The van der Waals surface area contributed by atoms with E-state index in [2.05, 4.69) is 15.5 Å². The number of nitrogens with one attached hydrogen (secondary N) is 2. The lowest BCUT2D eigenvalue weighted by atomic mass is 10.0. The Hall–Kier alpha value is -2.97. The van der Waals surface area contributed by atoms with E-state index >= 15 is 0 Å². The molecule has 1 aromatic heterocycles. The number of carbonyl (C=O) groups is 2. The largest absolute Gasteiger partial charge is 0.480 e. The van der Waals surface area contributed by atoms with Gasteiger partial charge in [-0.2, -0.15) is 5.10 Å². The van der Waals surface area contributed by atoms with Crippen molar-refractivity contribution in [3.8, 4) is 0 Å². The Morgan fingerprint density at radius 2 is 2.13 bits per heavy atom. The summed E-state index contributed by atoms with van der Waals surface area (Å²) in [6.07, 6.45) is 0.267. The number of carbonyl (C=O) groups excluding carboxylic acids is 1. The normalized spacial score (nSPS) is 12.3. The summed E-state index contributed by atoms with van der Waals surface area (Å²) in [5.74, 6) is -1.75. The van der Waals surface area contributed by atoms with Gasteiger partial charge < -0.3 is 10.4 Å². The van der Waals surface area contributed by atoms with Crippen LogP contribution >= 0.6 is 0 Å². The summed E-state index contributed by atoms with van der Waals surface area (Å²) in [5, 5.41) is 29.1. The van der Waals surface area contributed by atoms with Gasteiger partial charge in [-0.3, -0.25) is 20.0 Å². The second kappa shape index (κ2) is 6.42. The molecule has 9 nitrogen and oxygen atoms in total. The number of nitro groups is 1. The van der Waals surface area contributed by atoms with Gasteiger partial charge >= 0.3 is 5.97 Å². The number of non-ortho nitro benzene ring substituents is 1. The van der Waals surface area contributed by atoms with Crippen molar-refractivity contribution in [1.82, 2.24) is 15.5 Å². The smallest absolute Gasteiger partial charge is 0.326 e. The van der Waals surface area contributed by atoms with E-state index in [1.807, 2.05) is 13.8 Å². The van der Waals surface area contributed by atoms with Gasteiger partial charge in [0.1, 0.15) is 6.04 Å². The van der Waals surface area contributed by atoms with Gasteiger partial charge in [0.25, 0.3) is 11.6 Å². The van der Waals surface area contributed by atoms with Crippen LogP contribution in [0.5, 0.6) is 0 Å². The topological polar surface area (TPSA) is 138 Å². The molecule has 2 aromatic rings. The van der Waals surface area contributed by atoms with E-state index in [9.17, 15) is 19.7 Å². The van der Waals surface area contributed by atoms with Crippen molar-refractivity contribution in [1.29, 1.82) is 0 Å². The molecule has 0 spiro atoms. The molecule has 3 N–H and O–H groups in total. The third kappa shape index (κ3) is 3.62. The van der Waals surface area contributed by atoms with Gasteiger partial charge in [0.05, 0.1) is 10.4 Å². The van der Waals surface area contributed by atoms with Gasteiger partial charge in [-0.25, -0.2) is 4.79 Å². The number of hydrogen-bond donors (Lipinski definition) is 3. The number of aromatic nitrogens is 2. The van der Waals surface area contributed by atoms with E-state index in [-0.39, 0.29) is 29.1 Å². The predicted octanol–water partition coefficient (Wildman–Crippen LogP) is 1.70. The van der Waals surface area contributed by atoms with Gasteiger partial charge in [-0.15, -0.1) is 0 Å². The molecule has 0 radical (unpaired) electrons. The summed E-state index contributed by atoms with van der Waals surface area (Å²) in [4.78, 5) is 33.7. The highest BCUT2D eigenvalue weighted by Gasteiger charge is 2.24. The lowest BCUT2D eigenvalue weighted by Gasteiger charge is -2.15. The number of nitrogens with zero attached hydrogens (tertiary/aromatic N) is 2. The number of carboxylic acid groups (broad SMARTS) is 1. The van der Waals surface area contributed by atoms with Crippen LogP contribution in [0, 0.1) is 16.0 Å². The van der Waals surface area contributed by atoms with Gasteiger partial charge in [0, 0.05) is 17.5 Å². The zero-order valence-corrected chi connectivity index (χ0v) is 12.6. The molecule has 1 aromatic carbocycles. The van der Waals surface area contributed by atoms with Crippen molar-refractivity contribution in [3.63, 3.8) is 0 Å². The first-order valence-electron chi connectivity index (χ1n) is 6.95. The first-order valence-corrected chi connectivity index (χ1v) is 6.95. The summed E-state index contributed by atoms with van der Waals surface area (Å²) in [6, 6.07) is 2.92. The van der Waals surface area contributed by atoms with Gasteiger partial charge in [-0.1, -0.05) is 13.8 Å². The number of fused-ring (bicyclic) bond motifs is 1. The molecule has 0 aliphatic heterocycles. The molecule has 9 heteroatoms. The molecule has 1 amide bonds. The van der Waals surface area contributed by atoms with Crippen LogP contribution in [-0.2, 0) is 4.79 Å². The number of nitro benzene ring substituents is 1. The van der Waals surface area contributed by atoms with E-state index in [0.29, 0.717) is 5.52 Å². The van der Waals surface area contributed by atoms with E-state index in [0.717, 1.165) is 0 Å². The third-order valence-electron chi connectivity index (χ3n) is 3.28. The highest BCUT2D eigenvalue weighted by Crippen LogP contribution is 2.22. The molecule has 122 valence electrons. The van der Waals surface area contributed by atoms with Crippen molar-refractivity contribution in [2.45, 2.75) is 26.3 Å². The Balaban J connectivity index is 2.31. The number of aromatic amines is 1. The number of aliphatic carboxylic acids is 1. The minimum absolute atomic E-state index is 0.0706. The molecular weight excluding hydrogens is 304 g/mol. The lowest BCUT2D eigenvalue weighted by molar-refractivity contribution is -0.384. The maximum absolute atomic E-state index is 12.3. The van der Waals surface area contributed by atoms with Crippen LogP contribution in [0.25, 0.3) is 10.9 Å². The lowest BCUT2D eigenvalue weighted by Crippen LogP contribution is -2.41. The molecule has 2 rings (SSSR count). The van der Waals surface area contributed by atoms with Gasteiger partial charge in [0.15, 0.2) is 5.69 Å². The highest BCUT2D eigenvalue weighted by atomic mass is 16.6. The molecule has 0 saturated carbocycles. The fraction of sp³-hybridized carbons (Fsp3) is 0.357. The molecule has 0 aliphatic rings. The summed E-state index contributed by atoms with van der Waals surface area (Å²) in [5.41, 5.74) is 0.208. The SMILES string of the molecule is CC(C)C[C@H](NC(=O)c1n[nH]c2ccc([N+](=O)[O-])cc12)C(=O)O. The van der Waals surface area contributed by atoms with Crippen molar-refractivity contribution in [3.05, 3.63) is 34.0 Å². The van der Waals surface area contributed by atoms with E-state index in [4.69, 9.17) is 5.11 Å². The minimum atomic E-state index is -1.14. The second-order valence-corrected chi connectivity index (χ2v) is 5.55. The Morgan fingerprint density at radius 3 is 2.70 bits per heavy atom. The number of hydrogen-bond acceptors (Lipinski definition) is 5. The van der Waals surface area contributed by atoms with Crippen molar-refractivity contribution < 1.29 is 19.6 Å². The van der Waals surface area contributed by atoms with Crippen molar-refractivity contribution >= 4 is 28.5 Å². The quantitative estimate of drug-likeness (QED) is 0.547. The number of amides is 1. The average Bonchev–Trinajstić information content (AvgIpc) is 2.88. The van der Waals surface area contributed by atoms with E-state index < -0.39 is 22.8 Å². The Morgan fingerprint density at radius 1 is 1.43 bits per heavy atom. The standard InChI is InChI=1S/C14H16N4O5/c1-7(2)5-11(14(20)21)15-13(19)12-9-6-8(18(22)23)3-4-10(9)16-17-12/h3-4,6-7,11H,5H2,1-2H3,(H,15,19)(H,16,17)(H,20,21)/t11-/m0/s1. The van der Waals surface area contributed by atoms with Crippen LogP contribution in [0.4, 0.5) is 5.69 Å². The maximum atomic E-state index is 12.3. The number of benzene rings is 1. The summed E-state index contributed by atoms with van der Waals surface area (Å²) in [7, 11) is 0. The average molecular weight is 320 g/mol. The van der Waals surface area contributed by atoms with Crippen LogP contribution in [0.2, 0.25) is 0 Å². The molecule has 1 atom stereocenters. The Labute approximate surface area is 130 Å². The van der Waals surface area contributed by atoms with Crippen LogP contribution in [0.15, 0.2) is 18.2 Å². The minimum Gasteiger partial charge on any atom is -0.480 e. The van der Waals surface area contributed by atoms with Crippen LogP contribution < -0.4 is 5.32 Å². The Bertz CT molecular complexity index is 768. The monoisotopic (exact) mass is 320 g/mol. The molecule has 0 aliphatic carbocycles. The van der Waals surface area contributed by atoms with E-state index in [1.54, 1.807) is 0 Å². The molecular formula is C14H16N4O5. The molecule has 0 bridgehead atoms. The van der Waals surface area contributed by atoms with Crippen LogP contribution in [-0.4, -0.2) is 38.1 Å². The molecule has 0 fully saturated rings. The van der Waals surface area contributed by atoms with Gasteiger partial charge in [-0.05, 0) is 18.4 Å². The van der Waals surface area contributed by atoms with E-state index in [1.165, 1.54) is 18.2 Å². The molecule has 0 unspecified atom stereocenters. The zero-order chi connectivity index (χ0) is 17.1. The number of rotatable bonds is 6. The molecule has 0 saturated heterocycles. The van der Waals surface area contributed by atoms with Crippen molar-refractivity contribution in [2.24, 2.45) is 5.92 Å². The summed E-state index contributed by atoms with van der Waals surface area (Å²) >= 11 is 0.